The summed E-state index contributed by atoms with van der Waals surface area (Å²) in [4.78, 5) is 16.4. The third-order valence-corrected chi connectivity index (χ3v) is 5.88. The third kappa shape index (κ3) is 5.96. The number of hydrogen-bond donors (Lipinski definition) is 3. The molecule has 1 aromatic heterocycles. The number of anilines is 1. The second kappa shape index (κ2) is 10.1. The van der Waals surface area contributed by atoms with Gasteiger partial charge in [-0.05, 0) is 60.4 Å². The van der Waals surface area contributed by atoms with Gasteiger partial charge in [-0.15, -0.1) is 0 Å². The van der Waals surface area contributed by atoms with Crippen molar-refractivity contribution in [1.29, 1.82) is 0 Å². The van der Waals surface area contributed by atoms with Crippen molar-refractivity contribution in [3.8, 4) is 0 Å². The van der Waals surface area contributed by atoms with E-state index in [2.05, 4.69) is 15.0 Å². The average Bonchev–Trinajstić information content (AvgIpc) is 2.77. The van der Waals surface area contributed by atoms with Gasteiger partial charge in [-0.1, -0.05) is 24.3 Å². The Bertz CT molecular complexity index is 1070. The highest BCUT2D eigenvalue weighted by Crippen LogP contribution is 2.13. The molecular weight excluding hydrogens is 402 g/mol. The molecular formula is C22H23N3O4S. The SMILES string of the molecule is O=C(Nc1cccnc1)c1ccc(CNS(=O)(=O)c2ccc(CCCO)cc2)cc1. The van der Waals surface area contributed by atoms with Crippen LogP contribution in [0.25, 0.3) is 0 Å². The van der Waals surface area contributed by atoms with E-state index in [0.29, 0.717) is 24.1 Å². The van der Waals surface area contributed by atoms with Gasteiger partial charge in [-0.3, -0.25) is 9.78 Å². The van der Waals surface area contributed by atoms with Crippen LogP contribution in [0.4, 0.5) is 5.69 Å². The first-order valence-corrected chi connectivity index (χ1v) is 11.0. The number of aryl methyl sites for hydroxylation is 1. The number of amides is 1. The zero-order valence-corrected chi connectivity index (χ0v) is 17.1. The lowest BCUT2D eigenvalue weighted by Gasteiger charge is -2.09. The number of carbonyl (C=O) groups excluding carboxylic acids is 1. The fourth-order valence-corrected chi connectivity index (χ4v) is 3.81. The summed E-state index contributed by atoms with van der Waals surface area (Å²) < 4.78 is 27.5. The minimum absolute atomic E-state index is 0.103. The molecule has 1 heterocycles. The maximum absolute atomic E-state index is 12.5. The minimum atomic E-state index is -3.65. The van der Waals surface area contributed by atoms with Crippen molar-refractivity contribution >= 4 is 21.6 Å². The van der Waals surface area contributed by atoms with Crippen molar-refractivity contribution in [1.82, 2.24) is 9.71 Å². The number of aliphatic hydroxyl groups excluding tert-OH is 1. The molecule has 0 aliphatic rings. The van der Waals surface area contributed by atoms with E-state index in [9.17, 15) is 13.2 Å². The predicted molar refractivity (Wildman–Crippen MR) is 115 cm³/mol. The highest BCUT2D eigenvalue weighted by atomic mass is 32.2. The number of hydrogen-bond acceptors (Lipinski definition) is 5. The molecule has 8 heteroatoms. The lowest BCUT2D eigenvalue weighted by atomic mass is 10.1. The van der Waals surface area contributed by atoms with Gasteiger partial charge < -0.3 is 10.4 Å². The van der Waals surface area contributed by atoms with E-state index in [1.165, 1.54) is 0 Å². The maximum atomic E-state index is 12.5. The van der Waals surface area contributed by atoms with E-state index in [4.69, 9.17) is 5.11 Å². The maximum Gasteiger partial charge on any atom is 0.255 e. The van der Waals surface area contributed by atoms with Crippen LogP contribution in [0, 0.1) is 0 Å². The zero-order chi connectivity index (χ0) is 21.4. The van der Waals surface area contributed by atoms with Crippen LogP contribution < -0.4 is 10.0 Å². The van der Waals surface area contributed by atoms with Gasteiger partial charge in [0, 0.05) is 24.9 Å². The molecule has 0 saturated heterocycles. The van der Waals surface area contributed by atoms with Gasteiger partial charge in [0.05, 0.1) is 16.8 Å². The number of sulfonamides is 1. The summed E-state index contributed by atoms with van der Waals surface area (Å²) in [5.41, 5.74) is 2.77. The Morgan fingerprint density at radius 1 is 0.967 bits per heavy atom. The smallest absolute Gasteiger partial charge is 0.255 e. The summed E-state index contributed by atoms with van der Waals surface area (Å²) in [6.45, 7) is 0.213. The van der Waals surface area contributed by atoms with Crippen LogP contribution in [0.5, 0.6) is 0 Å². The minimum Gasteiger partial charge on any atom is -0.396 e. The number of benzene rings is 2. The number of carbonyl (C=O) groups is 1. The summed E-state index contributed by atoms with van der Waals surface area (Å²) in [5.74, 6) is -0.267. The lowest BCUT2D eigenvalue weighted by Crippen LogP contribution is -2.23. The monoisotopic (exact) mass is 425 g/mol. The summed E-state index contributed by atoms with van der Waals surface area (Å²) in [7, 11) is -3.65. The van der Waals surface area contributed by atoms with Crippen LogP contribution >= 0.6 is 0 Å². The van der Waals surface area contributed by atoms with Gasteiger partial charge >= 0.3 is 0 Å². The molecule has 0 spiro atoms. The van der Waals surface area contributed by atoms with E-state index in [-0.39, 0.29) is 24.0 Å². The molecule has 156 valence electrons. The Labute approximate surface area is 175 Å². The number of pyridine rings is 1. The summed E-state index contributed by atoms with van der Waals surface area (Å²) in [5, 5.41) is 11.6. The number of rotatable bonds is 9. The van der Waals surface area contributed by atoms with Crippen LogP contribution in [0.2, 0.25) is 0 Å². The van der Waals surface area contributed by atoms with Crippen molar-refractivity contribution < 1.29 is 18.3 Å². The molecule has 0 atom stereocenters. The molecule has 2 aromatic carbocycles. The van der Waals surface area contributed by atoms with E-state index in [1.54, 1.807) is 73.1 Å². The van der Waals surface area contributed by atoms with Gasteiger partial charge in [-0.2, -0.15) is 0 Å². The predicted octanol–water partition coefficient (Wildman–Crippen LogP) is 2.74. The number of nitrogens with one attached hydrogen (secondary N) is 2. The summed E-state index contributed by atoms with van der Waals surface area (Å²) in [6, 6.07) is 16.8. The largest absolute Gasteiger partial charge is 0.396 e. The molecule has 0 fully saturated rings. The van der Waals surface area contributed by atoms with Crippen molar-refractivity contribution in [2.75, 3.05) is 11.9 Å². The Morgan fingerprint density at radius 3 is 2.30 bits per heavy atom. The molecule has 3 N–H and O–H groups in total. The highest BCUT2D eigenvalue weighted by molar-refractivity contribution is 7.89. The van der Waals surface area contributed by atoms with E-state index >= 15 is 0 Å². The first-order chi connectivity index (χ1) is 14.5. The Morgan fingerprint density at radius 2 is 1.67 bits per heavy atom. The summed E-state index contributed by atoms with van der Waals surface area (Å²) in [6.07, 6.45) is 4.52. The van der Waals surface area contributed by atoms with Crippen LogP contribution in [0.3, 0.4) is 0 Å². The molecule has 3 rings (SSSR count). The summed E-state index contributed by atoms with van der Waals surface area (Å²) >= 11 is 0. The van der Waals surface area contributed by atoms with Crippen LogP contribution in [0.1, 0.15) is 27.9 Å². The normalized spacial score (nSPS) is 11.2. The Kier molecular flexibility index (Phi) is 7.29. The fraction of sp³-hybridized carbons (Fsp3) is 0.182. The van der Waals surface area contributed by atoms with Crippen molar-refractivity contribution in [3.05, 3.63) is 89.7 Å². The second-order valence-corrected chi connectivity index (χ2v) is 8.46. The molecule has 0 saturated carbocycles. The third-order valence-electron chi connectivity index (χ3n) is 4.46. The molecule has 0 aliphatic heterocycles. The van der Waals surface area contributed by atoms with Gasteiger partial charge in [0.2, 0.25) is 10.0 Å². The molecule has 0 radical (unpaired) electrons. The molecule has 0 aliphatic carbocycles. The quantitative estimate of drug-likeness (QED) is 0.489. The molecule has 1 amide bonds. The highest BCUT2D eigenvalue weighted by Gasteiger charge is 2.14. The van der Waals surface area contributed by atoms with Gasteiger partial charge in [0.15, 0.2) is 0 Å². The lowest BCUT2D eigenvalue weighted by molar-refractivity contribution is 0.102. The molecule has 0 unspecified atom stereocenters. The van der Waals surface area contributed by atoms with Crippen molar-refractivity contribution in [2.24, 2.45) is 0 Å². The van der Waals surface area contributed by atoms with Gasteiger partial charge in [-0.25, -0.2) is 13.1 Å². The molecule has 3 aromatic rings. The molecule has 0 bridgehead atoms. The average molecular weight is 426 g/mol. The molecule has 7 nitrogen and oxygen atoms in total. The number of aliphatic hydroxyl groups is 1. The van der Waals surface area contributed by atoms with E-state index < -0.39 is 10.0 Å². The van der Waals surface area contributed by atoms with Gasteiger partial charge in [0.25, 0.3) is 5.91 Å². The van der Waals surface area contributed by atoms with E-state index in [1.807, 2.05) is 0 Å². The first-order valence-electron chi connectivity index (χ1n) is 9.48. The first kappa shape index (κ1) is 21.6. The Hall–Kier alpha value is -3.07. The zero-order valence-electron chi connectivity index (χ0n) is 16.3. The van der Waals surface area contributed by atoms with Crippen molar-refractivity contribution in [3.63, 3.8) is 0 Å². The number of nitrogens with zero attached hydrogens (tertiary/aromatic N) is 1. The number of aromatic nitrogens is 1. The standard InChI is InChI=1S/C22H23N3O4S/c26-14-2-3-17-7-11-21(12-8-17)30(28,29)24-15-18-5-9-19(10-6-18)22(27)25-20-4-1-13-23-16-20/h1,4-13,16,24,26H,2-3,14-15H2,(H,25,27). The van der Waals surface area contributed by atoms with Crippen LogP contribution in [0.15, 0.2) is 78.0 Å². The fourth-order valence-electron chi connectivity index (χ4n) is 2.79. The topological polar surface area (TPSA) is 108 Å². The van der Waals surface area contributed by atoms with Crippen LogP contribution in [-0.2, 0) is 23.0 Å². The van der Waals surface area contributed by atoms with Gasteiger partial charge in [0.1, 0.15) is 0 Å². The van der Waals surface area contributed by atoms with Crippen LogP contribution in [-0.4, -0.2) is 31.0 Å². The second-order valence-electron chi connectivity index (χ2n) is 6.69. The van der Waals surface area contributed by atoms with Crippen molar-refractivity contribution in [2.45, 2.75) is 24.3 Å². The molecule has 30 heavy (non-hydrogen) atoms. The Balaban J connectivity index is 1.58. The van der Waals surface area contributed by atoms with E-state index in [0.717, 1.165) is 11.1 Å².